The van der Waals surface area contributed by atoms with Gasteiger partial charge in [0.15, 0.2) is 5.65 Å². The first-order chi connectivity index (χ1) is 10.5. The van der Waals surface area contributed by atoms with Crippen molar-refractivity contribution in [1.29, 1.82) is 0 Å². The summed E-state index contributed by atoms with van der Waals surface area (Å²) in [5.41, 5.74) is 0.903. The first-order valence-corrected chi connectivity index (χ1v) is 7.09. The Bertz CT molecular complexity index is 701. The summed E-state index contributed by atoms with van der Waals surface area (Å²) in [6.07, 6.45) is 5.07. The molecule has 126 valence electrons. The van der Waals surface area contributed by atoms with Crippen molar-refractivity contribution in [3.8, 4) is 5.75 Å². The molecule has 0 saturated carbocycles. The summed E-state index contributed by atoms with van der Waals surface area (Å²) < 4.78 is 1.51. The number of pyridine rings is 1. The molecule has 9 heteroatoms. The minimum atomic E-state index is -1.17. The monoisotopic (exact) mass is 342 g/mol. The van der Waals surface area contributed by atoms with E-state index in [1.54, 1.807) is 0 Å². The zero-order valence-corrected chi connectivity index (χ0v) is 13.5. The number of hydrogen-bond acceptors (Lipinski definition) is 5. The van der Waals surface area contributed by atoms with Crippen LogP contribution in [0.4, 0.5) is 0 Å². The van der Waals surface area contributed by atoms with E-state index in [-0.39, 0.29) is 29.4 Å². The Hall–Kier alpha value is -2.35. The molecule has 0 bridgehead atoms. The van der Waals surface area contributed by atoms with Crippen LogP contribution in [0.2, 0.25) is 0 Å². The van der Waals surface area contributed by atoms with Gasteiger partial charge in [-0.05, 0) is 12.8 Å². The van der Waals surface area contributed by atoms with Crippen LogP contribution in [0, 0.1) is 0 Å². The number of nitrogens with zero attached hydrogens (tertiary/aromatic N) is 3. The van der Waals surface area contributed by atoms with Gasteiger partial charge >= 0.3 is 5.97 Å². The SMILES string of the molecule is CCCCCc1cc(O)c(C(=O)NCC(=O)O)c2ncnn12.Cl. The number of nitrogens with one attached hydrogen (secondary N) is 1. The maximum absolute atomic E-state index is 12.0. The van der Waals surface area contributed by atoms with E-state index in [2.05, 4.69) is 22.3 Å². The lowest BCUT2D eigenvalue weighted by molar-refractivity contribution is -0.135. The van der Waals surface area contributed by atoms with Crippen LogP contribution in [-0.4, -0.2) is 43.2 Å². The number of carbonyl (C=O) groups excluding carboxylic acids is 1. The maximum Gasteiger partial charge on any atom is 0.322 e. The number of aryl methyl sites for hydroxylation is 1. The van der Waals surface area contributed by atoms with Crippen LogP contribution < -0.4 is 5.32 Å². The molecule has 0 aliphatic heterocycles. The van der Waals surface area contributed by atoms with E-state index < -0.39 is 18.4 Å². The number of carboxylic acids is 1. The molecular formula is C14H19ClN4O4. The number of unbranched alkanes of at least 4 members (excludes halogenated alkanes) is 2. The van der Waals surface area contributed by atoms with Crippen molar-refractivity contribution in [2.45, 2.75) is 32.6 Å². The van der Waals surface area contributed by atoms with Crippen LogP contribution in [0.5, 0.6) is 5.75 Å². The minimum absolute atomic E-state index is 0. The van der Waals surface area contributed by atoms with Gasteiger partial charge in [0.25, 0.3) is 5.91 Å². The molecule has 0 fully saturated rings. The number of aliphatic carboxylic acids is 1. The minimum Gasteiger partial charge on any atom is -0.507 e. The molecule has 2 rings (SSSR count). The van der Waals surface area contributed by atoms with Gasteiger partial charge in [0, 0.05) is 11.8 Å². The highest BCUT2D eigenvalue weighted by molar-refractivity contribution is 6.03. The Morgan fingerprint density at radius 2 is 2.09 bits per heavy atom. The second-order valence-corrected chi connectivity index (χ2v) is 4.92. The number of fused-ring (bicyclic) bond motifs is 1. The van der Waals surface area contributed by atoms with Gasteiger partial charge in [0.05, 0.1) is 0 Å². The fourth-order valence-corrected chi connectivity index (χ4v) is 2.22. The fourth-order valence-electron chi connectivity index (χ4n) is 2.22. The molecular weight excluding hydrogens is 324 g/mol. The van der Waals surface area contributed by atoms with Crippen molar-refractivity contribution in [2.75, 3.05) is 6.54 Å². The molecule has 2 heterocycles. The van der Waals surface area contributed by atoms with E-state index in [1.165, 1.54) is 16.9 Å². The molecule has 0 saturated heterocycles. The molecule has 0 spiro atoms. The standard InChI is InChI=1S/C14H18N4O4.ClH/c1-2-3-4-5-9-6-10(19)12(13-16-8-17-18(9)13)14(22)15-7-11(20)21;/h6,8,19H,2-5,7H2,1H3,(H,15,22)(H,20,21);1H. The summed E-state index contributed by atoms with van der Waals surface area (Å²) in [4.78, 5) is 26.6. The fraction of sp³-hybridized carbons (Fsp3) is 0.429. The zero-order chi connectivity index (χ0) is 16.1. The van der Waals surface area contributed by atoms with Crippen LogP contribution in [-0.2, 0) is 11.2 Å². The lowest BCUT2D eigenvalue weighted by atomic mass is 10.1. The lowest BCUT2D eigenvalue weighted by Crippen LogP contribution is -2.29. The summed E-state index contributed by atoms with van der Waals surface area (Å²) in [5.74, 6) is -2.09. The molecule has 2 aromatic rings. The van der Waals surface area contributed by atoms with Gasteiger partial charge in [-0.2, -0.15) is 5.10 Å². The van der Waals surface area contributed by atoms with E-state index in [9.17, 15) is 14.7 Å². The van der Waals surface area contributed by atoms with E-state index >= 15 is 0 Å². The average Bonchev–Trinajstić information content (AvgIpc) is 2.94. The van der Waals surface area contributed by atoms with Gasteiger partial charge in [-0.3, -0.25) is 9.59 Å². The number of amides is 1. The van der Waals surface area contributed by atoms with E-state index in [0.29, 0.717) is 6.42 Å². The molecule has 0 unspecified atom stereocenters. The molecule has 0 aliphatic rings. The Morgan fingerprint density at radius 3 is 2.74 bits per heavy atom. The zero-order valence-electron chi connectivity index (χ0n) is 12.7. The van der Waals surface area contributed by atoms with Crippen LogP contribution in [0.15, 0.2) is 12.4 Å². The summed E-state index contributed by atoms with van der Waals surface area (Å²) in [6, 6.07) is 1.48. The van der Waals surface area contributed by atoms with Crippen molar-refractivity contribution >= 4 is 29.9 Å². The topological polar surface area (TPSA) is 117 Å². The number of aromatic hydroxyl groups is 1. The van der Waals surface area contributed by atoms with Crippen molar-refractivity contribution in [3.05, 3.63) is 23.7 Å². The number of aromatic nitrogens is 3. The number of halogens is 1. The second kappa shape index (κ2) is 8.33. The van der Waals surface area contributed by atoms with Crippen LogP contribution in [0.1, 0.15) is 42.2 Å². The first kappa shape index (κ1) is 18.7. The summed E-state index contributed by atoms with van der Waals surface area (Å²) in [5, 5.41) is 25.0. The highest BCUT2D eigenvalue weighted by Crippen LogP contribution is 2.24. The van der Waals surface area contributed by atoms with Crippen molar-refractivity contribution in [3.63, 3.8) is 0 Å². The summed E-state index contributed by atoms with van der Waals surface area (Å²) >= 11 is 0. The number of carbonyl (C=O) groups is 2. The second-order valence-electron chi connectivity index (χ2n) is 4.92. The molecule has 23 heavy (non-hydrogen) atoms. The normalized spacial score (nSPS) is 10.3. The third-order valence-corrected chi connectivity index (χ3v) is 3.27. The molecule has 3 N–H and O–H groups in total. The van der Waals surface area contributed by atoms with Gasteiger partial charge in [0.2, 0.25) is 0 Å². The van der Waals surface area contributed by atoms with Gasteiger partial charge in [-0.25, -0.2) is 9.50 Å². The molecule has 0 radical (unpaired) electrons. The van der Waals surface area contributed by atoms with Gasteiger partial charge in [0.1, 0.15) is 24.2 Å². The van der Waals surface area contributed by atoms with E-state index in [4.69, 9.17) is 5.11 Å². The average molecular weight is 343 g/mol. The summed E-state index contributed by atoms with van der Waals surface area (Å²) in [7, 11) is 0. The highest BCUT2D eigenvalue weighted by Gasteiger charge is 2.20. The highest BCUT2D eigenvalue weighted by atomic mass is 35.5. The van der Waals surface area contributed by atoms with Crippen LogP contribution >= 0.6 is 12.4 Å². The Balaban J connectivity index is 0.00000264. The van der Waals surface area contributed by atoms with Gasteiger partial charge in [-0.15, -0.1) is 12.4 Å². The van der Waals surface area contributed by atoms with Crippen LogP contribution in [0.25, 0.3) is 5.65 Å². The quantitative estimate of drug-likeness (QED) is 0.655. The molecule has 2 aromatic heterocycles. The maximum atomic E-state index is 12.0. The molecule has 0 atom stereocenters. The predicted molar refractivity (Wildman–Crippen MR) is 85.1 cm³/mol. The van der Waals surface area contributed by atoms with Crippen molar-refractivity contribution in [1.82, 2.24) is 19.9 Å². The lowest BCUT2D eigenvalue weighted by Gasteiger charge is -2.10. The predicted octanol–water partition coefficient (Wildman–Crippen LogP) is 1.40. The molecule has 8 nitrogen and oxygen atoms in total. The summed E-state index contributed by atoms with van der Waals surface area (Å²) in [6.45, 7) is 1.56. The largest absolute Gasteiger partial charge is 0.507 e. The third kappa shape index (κ3) is 4.32. The Kier molecular flexibility index (Phi) is 6.77. The molecule has 1 amide bonds. The number of rotatable bonds is 7. The van der Waals surface area contributed by atoms with Crippen molar-refractivity contribution < 1.29 is 19.8 Å². The number of hydrogen-bond donors (Lipinski definition) is 3. The van der Waals surface area contributed by atoms with E-state index in [1.807, 2.05) is 0 Å². The van der Waals surface area contributed by atoms with Gasteiger partial charge in [-0.1, -0.05) is 19.8 Å². The van der Waals surface area contributed by atoms with Gasteiger partial charge < -0.3 is 15.5 Å². The van der Waals surface area contributed by atoms with E-state index in [0.717, 1.165) is 25.0 Å². The van der Waals surface area contributed by atoms with Crippen LogP contribution in [0.3, 0.4) is 0 Å². The third-order valence-electron chi connectivity index (χ3n) is 3.27. The number of carboxylic acid groups (broad SMARTS) is 1. The molecule has 0 aromatic carbocycles. The van der Waals surface area contributed by atoms with Crippen molar-refractivity contribution in [2.24, 2.45) is 0 Å². The Labute approximate surface area is 138 Å². The molecule has 0 aliphatic carbocycles. The smallest absolute Gasteiger partial charge is 0.322 e. The Morgan fingerprint density at radius 1 is 1.35 bits per heavy atom. The first-order valence-electron chi connectivity index (χ1n) is 7.09.